The number of benzene rings is 2. The zero-order valence-electron chi connectivity index (χ0n) is 18.2. The molecule has 1 fully saturated rings. The third-order valence-electron chi connectivity index (χ3n) is 5.79. The van der Waals surface area contributed by atoms with Crippen molar-refractivity contribution in [2.75, 3.05) is 39.8 Å². The number of amides is 1. The molecule has 1 N–H and O–H groups in total. The van der Waals surface area contributed by atoms with Gasteiger partial charge in [-0.15, -0.1) is 0 Å². The van der Waals surface area contributed by atoms with Gasteiger partial charge in [0.2, 0.25) is 5.91 Å². The second-order valence-electron chi connectivity index (χ2n) is 7.97. The van der Waals surface area contributed by atoms with Gasteiger partial charge in [-0.1, -0.05) is 29.8 Å². The number of aryl methyl sites for hydroxylation is 1. The molecular weight excluding hydrogens is 381 g/mol. The summed E-state index contributed by atoms with van der Waals surface area (Å²) in [5, 5.41) is 3.01. The molecule has 0 aliphatic carbocycles. The lowest BCUT2D eigenvalue weighted by Crippen LogP contribution is -2.53. The van der Waals surface area contributed by atoms with Gasteiger partial charge in [-0.3, -0.25) is 14.6 Å². The topological polar surface area (TPSA) is 44.8 Å². The molecule has 1 aliphatic heterocycles. The number of nitrogens with one attached hydrogen (secondary N) is 1. The Morgan fingerprint density at radius 1 is 1.13 bits per heavy atom. The van der Waals surface area contributed by atoms with Crippen molar-refractivity contribution in [1.29, 1.82) is 0 Å². The molecule has 0 aromatic heterocycles. The zero-order valence-corrected chi connectivity index (χ0v) is 18.2. The van der Waals surface area contributed by atoms with Crippen LogP contribution in [0.3, 0.4) is 0 Å². The number of piperazine rings is 1. The van der Waals surface area contributed by atoms with Crippen LogP contribution in [0.4, 0.5) is 4.39 Å². The number of halogens is 1. The smallest absolute Gasteiger partial charge is 0.237 e. The van der Waals surface area contributed by atoms with Crippen LogP contribution < -0.4 is 10.1 Å². The highest BCUT2D eigenvalue weighted by Crippen LogP contribution is 2.22. The van der Waals surface area contributed by atoms with Crippen molar-refractivity contribution >= 4 is 5.91 Å². The van der Waals surface area contributed by atoms with Crippen LogP contribution in [-0.2, 0) is 17.8 Å². The van der Waals surface area contributed by atoms with Crippen LogP contribution in [0.1, 0.15) is 23.6 Å². The van der Waals surface area contributed by atoms with E-state index in [1.54, 1.807) is 19.2 Å². The van der Waals surface area contributed by atoms with E-state index < -0.39 is 0 Å². The molecule has 1 atom stereocenters. The van der Waals surface area contributed by atoms with Crippen LogP contribution in [-0.4, -0.2) is 61.6 Å². The molecule has 5 nitrogen and oxygen atoms in total. The van der Waals surface area contributed by atoms with Crippen molar-refractivity contribution < 1.29 is 13.9 Å². The Labute approximate surface area is 178 Å². The van der Waals surface area contributed by atoms with Gasteiger partial charge in [0.05, 0.1) is 13.2 Å². The molecule has 0 radical (unpaired) electrons. The predicted octanol–water partition coefficient (Wildman–Crippen LogP) is 3.01. The van der Waals surface area contributed by atoms with Crippen LogP contribution in [0, 0.1) is 12.7 Å². The second kappa shape index (κ2) is 10.5. The number of carbonyl (C=O) groups excluding carboxylic acids is 1. The highest BCUT2D eigenvalue weighted by molar-refractivity contribution is 5.81. The number of ether oxygens (including phenoxy) is 1. The normalized spacial score (nSPS) is 16.3. The fraction of sp³-hybridized carbons (Fsp3) is 0.458. The predicted molar refractivity (Wildman–Crippen MR) is 117 cm³/mol. The van der Waals surface area contributed by atoms with Crippen molar-refractivity contribution in [1.82, 2.24) is 15.1 Å². The first kappa shape index (κ1) is 22.2. The Kier molecular flexibility index (Phi) is 7.82. The summed E-state index contributed by atoms with van der Waals surface area (Å²) < 4.78 is 18.5. The first-order chi connectivity index (χ1) is 14.5. The third-order valence-corrected chi connectivity index (χ3v) is 5.79. The number of rotatable bonds is 8. The summed E-state index contributed by atoms with van der Waals surface area (Å²) in [6.45, 7) is 9.04. The van der Waals surface area contributed by atoms with E-state index in [1.807, 2.05) is 13.0 Å². The summed E-state index contributed by atoms with van der Waals surface area (Å²) in [5.41, 5.74) is 3.46. The molecule has 1 aliphatic rings. The molecule has 1 heterocycles. The van der Waals surface area contributed by atoms with Gasteiger partial charge in [0, 0.05) is 44.8 Å². The molecule has 0 unspecified atom stereocenters. The van der Waals surface area contributed by atoms with E-state index in [-0.39, 0.29) is 17.8 Å². The molecule has 1 amide bonds. The summed E-state index contributed by atoms with van der Waals surface area (Å²) in [7, 11) is 1.71. The largest absolute Gasteiger partial charge is 0.496 e. The number of methoxy groups -OCH3 is 1. The molecular formula is C24H32FN3O2. The Bertz CT molecular complexity index is 833. The van der Waals surface area contributed by atoms with Crippen molar-refractivity contribution in [3.63, 3.8) is 0 Å². The average Bonchev–Trinajstić information content (AvgIpc) is 2.75. The molecule has 2 aromatic carbocycles. The average molecular weight is 414 g/mol. The van der Waals surface area contributed by atoms with Gasteiger partial charge < -0.3 is 10.1 Å². The standard InChI is InChI=1S/C24H32FN3O2/c1-18-4-9-23(30-3)21(16-18)17-27-12-14-28(15-13-27)19(2)24(29)26-11-10-20-5-7-22(25)8-6-20/h4-9,16,19H,10-15,17H2,1-3H3,(H,26,29)/t19-/m0/s1. The number of nitrogens with zero attached hydrogens (tertiary/aromatic N) is 2. The number of carbonyl (C=O) groups is 1. The van der Waals surface area contributed by atoms with E-state index in [1.165, 1.54) is 23.3 Å². The van der Waals surface area contributed by atoms with Crippen LogP contribution in [0.25, 0.3) is 0 Å². The molecule has 3 rings (SSSR count). The summed E-state index contributed by atoms with van der Waals surface area (Å²) in [6, 6.07) is 12.5. The lowest BCUT2D eigenvalue weighted by Gasteiger charge is -2.37. The van der Waals surface area contributed by atoms with E-state index in [0.717, 1.165) is 44.0 Å². The van der Waals surface area contributed by atoms with E-state index >= 15 is 0 Å². The van der Waals surface area contributed by atoms with Gasteiger partial charge in [-0.05, 0) is 44.0 Å². The summed E-state index contributed by atoms with van der Waals surface area (Å²) >= 11 is 0. The highest BCUT2D eigenvalue weighted by Gasteiger charge is 2.25. The highest BCUT2D eigenvalue weighted by atomic mass is 19.1. The lowest BCUT2D eigenvalue weighted by molar-refractivity contribution is -0.126. The van der Waals surface area contributed by atoms with Crippen molar-refractivity contribution in [3.8, 4) is 5.75 Å². The monoisotopic (exact) mass is 413 g/mol. The maximum atomic E-state index is 13.0. The Morgan fingerprint density at radius 3 is 2.50 bits per heavy atom. The fourth-order valence-electron chi connectivity index (χ4n) is 3.88. The van der Waals surface area contributed by atoms with Gasteiger partial charge in [0.1, 0.15) is 11.6 Å². The van der Waals surface area contributed by atoms with Crippen LogP contribution in [0.15, 0.2) is 42.5 Å². The Hall–Kier alpha value is -2.44. The molecule has 0 saturated carbocycles. The molecule has 0 bridgehead atoms. The van der Waals surface area contributed by atoms with Gasteiger partial charge in [-0.25, -0.2) is 4.39 Å². The SMILES string of the molecule is COc1ccc(C)cc1CN1CCN([C@@H](C)C(=O)NCCc2ccc(F)cc2)CC1. The maximum Gasteiger partial charge on any atom is 0.237 e. The fourth-order valence-corrected chi connectivity index (χ4v) is 3.88. The van der Waals surface area contributed by atoms with Crippen molar-refractivity contribution in [3.05, 3.63) is 65.0 Å². The quantitative estimate of drug-likeness (QED) is 0.723. The lowest BCUT2D eigenvalue weighted by atomic mass is 10.1. The van der Waals surface area contributed by atoms with Gasteiger partial charge in [-0.2, -0.15) is 0 Å². The van der Waals surface area contributed by atoms with Gasteiger partial charge >= 0.3 is 0 Å². The van der Waals surface area contributed by atoms with E-state index in [4.69, 9.17) is 4.74 Å². The first-order valence-corrected chi connectivity index (χ1v) is 10.6. The Balaban J connectivity index is 1.43. The first-order valence-electron chi connectivity index (χ1n) is 10.6. The van der Waals surface area contributed by atoms with Crippen LogP contribution >= 0.6 is 0 Å². The van der Waals surface area contributed by atoms with E-state index in [0.29, 0.717) is 13.0 Å². The summed E-state index contributed by atoms with van der Waals surface area (Å²) in [4.78, 5) is 17.2. The molecule has 0 spiro atoms. The second-order valence-corrected chi connectivity index (χ2v) is 7.97. The van der Waals surface area contributed by atoms with Crippen LogP contribution in [0.2, 0.25) is 0 Å². The number of hydrogen-bond donors (Lipinski definition) is 1. The van der Waals surface area contributed by atoms with Crippen molar-refractivity contribution in [2.45, 2.75) is 32.9 Å². The minimum Gasteiger partial charge on any atom is -0.496 e. The zero-order chi connectivity index (χ0) is 21.5. The molecule has 30 heavy (non-hydrogen) atoms. The van der Waals surface area contributed by atoms with Gasteiger partial charge in [0.15, 0.2) is 0 Å². The minimum atomic E-state index is -0.239. The Morgan fingerprint density at radius 2 is 1.83 bits per heavy atom. The summed E-state index contributed by atoms with van der Waals surface area (Å²) in [6.07, 6.45) is 0.699. The van der Waals surface area contributed by atoms with Gasteiger partial charge in [0.25, 0.3) is 0 Å². The molecule has 6 heteroatoms. The number of hydrogen-bond acceptors (Lipinski definition) is 4. The third kappa shape index (κ3) is 6.03. The van der Waals surface area contributed by atoms with Crippen LogP contribution in [0.5, 0.6) is 5.75 Å². The van der Waals surface area contributed by atoms with Crippen molar-refractivity contribution in [2.24, 2.45) is 0 Å². The maximum absolute atomic E-state index is 13.0. The molecule has 1 saturated heterocycles. The molecule has 2 aromatic rings. The van der Waals surface area contributed by atoms with E-state index in [2.05, 4.69) is 34.2 Å². The minimum absolute atomic E-state index is 0.0471. The van der Waals surface area contributed by atoms with E-state index in [9.17, 15) is 9.18 Å². The molecule has 162 valence electrons. The summed E-state index contributed by atoms with van der Waals surface area (Å²) in [5.74, 6) is 0.735.